The van der Waals surface area contributed by atoms with Crippen LogP contribution in [0, 0.1) is 12.3 Å². The van der Waals surface area contributed by atoms with Gasteiger partial charge in [-0.3, -0.25) is 19.7 Å². The fraction of sp³-hybridized carbons (Fsp3) is 0.414. The fourth-order valence-corrected chi connectivity index (χ4v) is 2.98. The second-order valence-electron chi connectivity index (χ2n) is 8.09. The van der Waals surface area contributed by atoms with E-state index in [0.717, 1.165) is 11.8 Å². The number of rotatable bonds is 11. The molecule has 1 atom stereocenters. The van der Waals surface area contributed by atoms with Gasteiger partial charge in [-0.2, -0.15) is 0 Å². The molecule has 0 fully saturated rings. The van der Waals surface area contributed by atoms with Crippen molar-refractivity contribution in [2.75, 3.05) is 34.4 Å². The molecule has 2 rings (SSSR count). The first-order valence-electron chi connectivity index (χ1n) is 12.9. The molecule has 0 unspecified atom stereocenters. The van der Waals surface area contributed by atoms with Gasteiger partial charge in [-0.25, -0.2) is 4.79 Å². The molecule has 1 heterocycles. The number of benzene rings is 1. The van der Waals surface area contributed by atoms with Crippen LogP contribution in [0.4, 0.5) is 4.79 Å². The second-order valence-corrected chi connectivity index (χ2v) is 8.09. The number of methoxy groups -OCH3 is 2. The summed E-state index contributed by atoms with van der Waals surface area (Å²) in [6, 6.07) is 7.82. The van der Waals surface area contributed by atoms with E-state index in [1.165, 1.54) is 13.2 Å². The van der Waals surface area contributed by atoms with Crippen LogP contribution in [0.5, 0.6) is 5.75 Å². The predicted molar refractivity (Wildman–Crippen MR) is 160 cm³/mol. The Morgan fingerprint density at radius 1 is 1.10 bits per heavy atom. The van der Waals surface area contributed by atoms with Crippen molar-refractivity contribution >= 4 is 36.5 Å². The van der Waals surface area contributed by atoms with Gasteiger partial charge in [0.2, 0.25) is 12.3 Å². The third-order valence-electron chi connectivity index (χ3n) is 4.90. The van der Waals surface area contributed by atoms with Gasteiger partial charge in [0.1, 0.15) is 22.8 Å². The lowest BCUT2D eigenvalue weighted by atomic mass is 9.98. The fourth-order valence-electron chi connectivity index (χ4n) is 2.98. The normalized spacial score (nSPS) is 10.6. The van der Waals surface area contributed by atoms with Crippen LogP contribution in [0.3, 0.4) is 0 Å². The van der Waals surface area contributed by atoms with Crippen LogP contribution in [-0.2, 0) is 19.9 Å². The van der Waals surface area contributed by atoms with E-state index in [1.54, 1.807) is 51.5 Å². The van der Waals surface area contributed by atoms with Crippen LogP contribution in [0.1, 0.15) is 61.6 Å². The van der Waals surface area contributed by atoms with Crippen molar-refractivity contribution in [3.63, 3.8) is 0 Å². The maximum atomic E-state index is 12.7. The van der Waals surface area contributed by atoms with Crippen molar-refractivity contribution in [2.24, 2.45) is 0 Å². The Bertz CT molecular complexity index is 1100. The monoisotopic (exact) mass is 575 g/mol. The molecule has 0 saturated carbocycles. The number of nitrogens with one attached hydrogen (secondary N) is 5. The van der Waals surface area contributed by atoms with Gasteiger partial charge in [-0.05, 0) is 56.7 Å². The number of hydrogen-bond acceptors (Lipinski definition) is 8. The summed E-state index contributed by atoms with van der Waals surface area (Å²) in [5.41, 5.74) is 0.112. The molecule has 0 spiro atoms. The summed E-state index contributed by atoms with van der Waals surface area (Å²) in [6.45, 7) is 13.6. The number of ether oxygens (including phenoxy) is 2. The quantitative estimate of drug-likeness (QED) is 0.200. The summed E-state index contributed by atoms with van der Waals surface area (Å²) in [5.74, 6) is 1.04. The van der Waals surface area contributed by atoms with Gasteiger partial charge in [-0.15, -0.1) is 0 Å². The molecule has 0 saturated heterocycles. The Balaban J connectivity index is 0. The van der Waals surface area contributed by atoms with E-state index >= 15 is 0 Å². The van der Waals surface area contributed by atoms with Crippen LogP contribution in [0.25, 0.3) is 6.08 Å². The first-order chi connectivity index (χ1) is 19.5. The molecular weight excluding hydrogens is 530 g/mol. The zero-order valence-electron chi connectivity index (χ0n) is 25.3. The number of carbonyl (C=O) groups excluding carboxylic acids is 4. The van der Waals surface area contributed by atoms with Crippen LogP contribution >= 0.6 is 0 Å². The van der Waals surface area contributed by atoms with E-state index in [2.05, 4.69) is 27.3 Å². The number of carbonyl (C=O) groups is 4. The van der Waals surface area contributed by atoms with Gasteiger partial charge in [0, 0.05) is 39.1 Å². The molecule has 0 bridgehead atoms. The predicted octanol–water partition coefficient (Wildman–Crippen LogP) is 3.79. The van der Waals surface area contributed by atoms with Gasteiger partial charge in [0.05, 0.1) is 13.5 Å². The van der Waals surface area contributed by atoms with Crippen LogP contribution in [0.2, 0.25) is 0 Å². The van der Waals surface area contributed by atoms with Crippen molar-refractivity contribution in [1.82, 2.24) is 21.3 Å². The number of urea groups is 1. The second kappa shape index (κ2) is 22.4. The molecule has 41 heavy (non-hydrogen) atoms. The first kappa shape index (κ1) is 38.7. The first-order valence-corrected chi connectivity index (χ1v) is 12.9. The summed E-state index contributed by atoms with van der Waals surface area (Å²) in [7, 11) is 4.77. The molecular formula is C29H45N5O7. The minimum Gasteiger partial charge on any atom is -0.497 e. The van der Waals surface area contributed by atoms with E-state index in [1.807, 2.05) is 33.0 Å². The van der Waals surface area contributed by atoms with Gasteiger partial charge in [0.15, 0.2) is 0 Å². The molecule has 1 aromatic carbocycles. The third kappa shape index (κ3) is 15.1. The Hall–Kier alpha value is -4.45. The minimum absolute atomic E-state index is 0.0128. The molecule has 5 N–H and O–H groups in total. The van der Waals surface area contributed by atoms with Crippen molar-refractivity contribution in [3.8, 4) is 5.75 Å². The Kier molecular flexibility index (Phi) is 21.1. The number of furan rings is 1. The maximum Gasteiger partial charge on any atom is 0.322 e. The molecule has 0 aliphatic heterocycles. The van der Waals surface area contributed by atoms with E-state index in [4.69, 9.17) is 14.6 Å². The van der Waals surface area contributed by atoms with Gasteiger partial charge < -0.3 is 35.3 Å². The summed E-state index contributed by atoms with van der Waals surface area (Å²) in [4.78, 5) is 45.5. The number of aryl methyl sites for hydroxylation is 1. The highest BCUT2D eigenvalue weighted by atomic mass is 16.5. The zero-order chi connectivity index (χ0) is 31.8. The molecule has 12 nitrogen and oxygen atoms in total. The van der Waals surface area contributed by atoms with Gasteiger partial charge >= 0.3 is 6.03 Å². The largest absolute Gasteiger partial charge is 0.497 e. The molecule has 5 amide bonds. The molecule has 12 heteroatoms. The highest BCUT2D eigenvalue weighted by Crippen LogP contribution is 2.24. The SMILES string of the molecule is C=Cc1ccc([C@](C)(CNC(=O)c2cc(OC)ccc2C)NC(=O)NC=O)o1.CC.CCNC(=O)CC=N.COC. The zero-order valence-corrected chi connectivity index (χ0v) is 25.3. The van der Waals surface area contributed by atoms with E-state index in [9.17, 15) is 19.2 Å². The average molecular weight is 576 g/mol. The van der Waals surface area contributed by atoms with Crippen LogP contribution in [0.15, 0.2) is 41.3 Å². The smallest absolute Gasteiger partial charge is 0.322 e. The van der Waals surface area contributed by atoms with Gasteiger partial charge in [-0.1, -0.05) is 26.5 Å². The van der Waals surface area contributed by atoms with E-state index in [0.29, 0.717) is 29.4 Å². The van der Waals surface area contributed by atoms with E-state index in [-0.39, 0.29) is 31.2 Å². The Morgan fingerprint density at radius 3 is 2.22 bits per heavy atom. The number of imide groups is 1. The lowest BCUT2D eigenvalue weighted by Crippen LogP contribution is -2.53. The lowest BCUT2D eigenvalue weighted by molar-refractivity contribution is -0.119. The van der Waals surface area contributed by atoms with Crippen molar-refractivity contribution < 1.29 is 33.1 Å². The lowest BCUT2D eigenvalue weighted by Gasteiger charge is -2.29. The average Bonchev–Trinajstić information content (AvgIpc) is 3.45. The summed E-state index contributed by atoms with van der Waals surface area (Å²) in [6.07, 6.45) is 3.08. The van der Waals surface area contributed by atoms with Crippen molar-refractivity contribution in [3.05, 3.63) is 59.6 Å². The molecule has 2 aromatic rings. The summed E-state index contributed by atoms with van der Waals surface area (Å²) < 4.78 is 15.1. The van der Waals surface area contributed by atoms with Crippen LogP contribution < -0.4 is 26.0 Å². The molecule has 0 aliphatic carbocycles. The summed E-state index contributed by atoms with van der Waals surface area (Å²) >= 11 is 0. The van der Waals surface area contributed by atoms with Gasteiger partial charge in [0.25, 0.3) is 5.91 Å². The molecule has 0 aliphatic rings. The number of hydrogen-bond donors (Lipinski definition) is 5. The minimum atomic E-state index is -1.11. The Labute approximate surface area is 242 Å². The maximum absolute atomic E-state index is 12.7. The Morgan fingerprint density at radius 2 is 1.73 bits per heavy atom. The van der Waals surface area contributed by atoms with E-state index < -0.39 is 11.6 Å². The molecule has 228 valence electrons. The highest BCUT2D eigenvalue weighted by Gasteiger charge is 2.33. The standard InChI is InChI=1S/C20H23N3O5.C5H10N2O.C2H6O.C2H6/c1-5-14-8-9-17(28-14)20(3,23-19(26)22-12-24)11-21-18(25)16-10-15(27-4)7-6-13(16)2;1-2-7-5(8)3-4-6;1-3-2;1-2/h5-10,12H,1,11H2,2-4H3,(H,21,25)(H2,22,23,24,26);4,6H,2-3H2,1H3,(H,7,8);1-2H3;1-2H3/t20-;;;/m0.../s1. The van der Waals surface area contributed by atoms with Crippen molar-refractivity contribution in [1.29, 1.82) is 5.41 Å². The van der Waals surface area contributed by atoms with Crippen LogP contribution in [-0.4, -0.2) is 64.9 Å². The topological polar surface area (TPSA) is 172 Å². The third-order valence-corrected chi connectivity index (χ3v) is 4.90. The number of amides is 5. The molecule has 0 radical (unpaired) electrons. The summed E-state index contributed by atoms with van der Waals surface area (Å²) in [5, 5.41) is 16.5. The van der Waals surface area contributed by atoms with Crippen molar-refractivity contribution in [2.45, 2.75) is 46.6 Å². The highest BCUT2D eigenvalue weighted by molar-refractivity contribution is 5.96. The molecule has 1 aromatic heterocycles.